The summed E-state index contributed by atoms with van der Waals surface area (Å²) in [5, 5.41) is 3.37. The van der Waals surface area contributed by atoms with Gasteiger partial charge in [-0.3, -0.25) is 14.2 Å². The van der Waals surface area contributed by atoms with Crippen LogP contribution >= 0.6 is 23.4 Å². The second-order valence-corrected chi connectivity index (χ2v) is 8.90. The second-order valence-electron chi connectivity index (χ2n) is 7.55. The molecule has 0 atom stereocenters. The highest BCUT2D eigenvalue weighted by molar-refractivity contribution is 7.99. The Morgan fingerprint density at radius 3 is 2.62 bits per heavy atom. The SMILES string of the molecule is O=C(CSc1nc2ccccc2c(=O)n1C1CCCC1)Nc1cc(C(F)(F)F)ccc1Cl. The summed E-state index contributed by atoms with van der Waals surface area (Å²) >= 11 is 7.04. The molecular formula is C22H19ClF3N3O2S. The zero-order chi connectivity index (χ0) is 22.9. The Labute approximate surface area is 191 Å². The standard InChI is InChI=1S/C22H19ClF3N3O2S/c23-16-10-9-13(22(24,25)26)11-18(16)27-19(30)12-32-21-28-17-8-4-3-7-15(17)20(31)29(21)14-5-1-2-6-14/h3-4,7-11,14H,1-2,5-6,12H2,(H,27,30). The van der Waals surface area contributed by atoms with Gasteiger partial charge in [-0.05, 0) is 43.2 Å². The largest absolute Gasteiger partial charge is 0.416 e. The van der Waals surface area contributed by atoms with Gasteiger partial charge in [0.05, 0.1) is 32.9 Å². The number of alkyl halides is 3. The molecule has 1 heterocycles. The van der Waals surface area contributed by atoms with E-state index in [9.17, 15) is 22.8 Å². The summed E-state index contributed by atoms with van der Waals surface area (Å²) < 4.78 is 40.5. The van der Waals surface area contributed by atoms with E-state index < -0.39 is 17.6 Å². The lowest BCUT2D eigenvalue weighted by Crippen LogP contribution is -2.27. The summed E-state index contributed by atoms with van der Waals surface area (Å²) in [5.41, 5.74) is -0.634. The molecule has 1 aliphatic carbocycles. The Hall–Kier alpha value is -2.52. The molecule has 1 amide bonds. The van der Waals surface area contributed by atoms with Crippen LogP contribution in [0.15, 0.2) is 52.4 Å². The molecule has 1 aromatic heterocycles. The maximum atomic E-state index is 13.1. The molecule has 168 valence electrons. The van der Waals surface area contributed by atoms with E-state index >= 15 is 0 Å². The zero-order valence-corrected chi connectivity index (χ0v) is 18.4. The summed E-state index contributed by atoms with van der Waals surface area (Å²) in [6.07, 6.45) is -0.796. The fourth-order valence-corrected chi connectivity index (χ4v) is 4.86. The van der Waals surface area contributed by atoms with E-state index in [1.54, 1.807) is 28.8 Å². The number of hydrogen-bond donors (Lipinski definition) is 1. The van der Waals surface area contributed by atoms with Crippen molar-refractivity contribution in [2.45, 2.75) is 43.1 Å². The van der Waals surface area contributed by atoms with Gasteiger partial charge in [0.1, 0.15) is 0 Å². The number of amides is 1. The number of carbonyl (C=O) groups is 1. The van der Waals surface area contributed by atoms with Crippen LogP contribution < -0.4 is 10.9 Å². The first kappa shape index (κ1) is 22.7. The maximum Gasteiger partial charge on any atom is 0.416 e. The number of halogens is 4. The molecule has 32 heavy (non-hydrogen) atoms. The molecule has 5 nitrogen and oxygen atoms in total. The summed E-state index contributed by atoms with van der Waals surface area (Å²) in [6, 6.07) is 9.79. The van der Waals surface area contributed by atoms with Crippen molar-refractivity contribution in [2.24, 2.45) is 0 Å². The summed E-state index contributed by atoms with van der Waals surface area (Å²) in [4.78, 5) is 30.2. The van der Waals surface area contributed by atoms with Crippen LogP contribution in [0.25, 0.3) is 10.9 Å². The van der Waals surface area contributed by atoms with Crippen LogP contribution in [-0.2, 0) is 11.0 Å². The number of rotatable bonds is 5. The molecule has 3 aromatic rings. The lowest BCUT2D eigenvalue weighted by atomic mass is 10.2. The fraction of sp³-hybridized carbons (Fsp3) is 0.318. The van der Waals surface area contributed by atoms with Crippen LogP contribution in [0, 0.1) is 0 Å². The number of benzene rings is 2. The third kappa shape index (κ3) is 4.78. The molecule has 4 rings (SSSR count). The van der Waals surface area contributed by atoms with Crippen LogP contribution in [0.2, 0.25) is 5.02 Å². The number of hydrogen-bond acceptors (Lipinski definition) is 4. The maximum absolute atomic E-state index is 13.1. The minimum absolute atomic E-state index is 0.00282. The molecule has 0 unspecified atom stereocenters. The number of fused-ring (bicyclic) bond motifs is 1. The average molecular weight is 482 g/mol. The Morgan fingerprint density at radius 2 is 1.91 bits per heavy atom. The van der Waals surface area contributed by atoms with Crippen molar-refractivity contribution in [3.05, 3.63) is 63.4 Å². The molecule has 2 aromatic carbocycles. The van der Waals surface area contributed by atoms with E-state index in [0.29, 0.717) is 16.1 Å². The summed E-state index contributed by atoms with van der Waals surface area (Å²) in [6.45, 7) is 0. The molecule has 10 heteroatoms. The Morgan fingerprint density at radius 1 is 1.19 bits per heavy atom. The topological polar surface area (TPSA) is 64.0 Å². The van der Waals surface area contributed by atoms with Crippen LogP contribution in [0.5, 0.6) is 0 Å². The number of aromatic nitrogens is 2. The quantitative estimate of drug-likeness (QED) is 0.363. The van der Waals surface area contributed by atoms with Gasteiger partial charge in [-0.2, -0.15) is 13.2 Å². The first-order valence-electron chi connectivity index (χ1n) is 10.0. The molecule has 0 spiro atoms. The highest BCUT2D eigenvalue weighted by Crippen LogP contribution is 2.34. The van der Waals surface area contributed by atoms with Gasteiger partial charge in [-0.1, -0.05) is 48.3 Å². The molecule has 1 N–H and O–H groups in total. The number of nitrogens with zero attached hydrogens (tertiary/aromatic N) is 2. The first-order chi connectivity index (χ1) is 15.2. The van der Waals surface area contributed by atoms with E-state index in [2.05, 4.69) is 10.3 Å². The van der Waals surface area contributed by atoms with Crippen LogP contribution in [0.4, 0.5) is 18.9 Å². The van der Waals surface area contributed by atoms with Crippen LogP contribution in [-0.4, -0.2) is 21.2 Å². The van der Waals surface area contributed by atoms with Gasteiger partial charge in [-0.15, -0.1) is 0 Å². The molecule has 1 aliphatic rings. The van der Waals surface area contributed by atoms with Gasteiger partial charge in [0.2, 0.25) is 5.91 Å². The van der Waals surface area contributed by atoms with Gasteiger partial charge in [0.25, 0.3) is 5.56 Å². The number of thioether (sulfide) groups is 1. The van der Waals surface area contributed by atoms with E-state index in [0.717, 1.165) is 55.6 Å². The number of para-hydroxylation sites is 1. The molecule has 0 saturated heterocycles. The van der Waals surface area contributed by atoms with Gasteiger partial charge in [0.15, 0.2) is 5.16 Å². The number of nitrogens with one attached hydrogen (secondary N) is 1. The van der Waals surface area contributed by atoms with Gasteiger partial charge in [-0.25, -0.2) is 4.98 Å². The van der Waals surface area contributed by atoms with Gasteiger partial charge >= 0.3 is 6.18 Å². The smallest absolute Gasteiger partial charge is 0.324 e. The van der Waals surface area contributed by atoms with Crippen molar-refractivity contribution in [3.8, 4) is 0 Å². The molecular weight excluding hydrogens is 463 g/mol. The van der Waals surface area contributed by atoms with Crippen molar-refractivity contribution < 1.29 is 18.0 Å². The Balaban J connectivity index is 1.57. The molecule has 0 bridgehead atoms. The van der Waals surface area contributed by atoms with Crippen molar-refractivity contribution in [3.63, 3.8) is 0 Å². The first-order valence-corrected chi connectivity index (χ1v) is 11.4. The molecule has 1 fully saturated rings. The third-order valence-corrected chi connectivity index (χ3v) is 6.65. The predicted molar refractivity (Wildman–Crippen MR) is 119 cm³/mol. The fourth-order valence-electron chi connectivity index (χ4n) is 3.83. The van der Waals surface area contributed by atoms with Crippen molar-refractivity contribution in [2.75, 3.05) is 11.1 Å². The lowest BCUT2D eigenvalue weighted by Gasteiger charge is -2.18. The normalized spacial score (nSPS) is 14.8. The molecule has 1 saturated carbocycles. The van der Waals surface area contributed by atoms with Crippen molar-refractivity contribution in [1.82, 2.24) is 9.55 Å². The van der Waals surface area contributed by atoms with Crippen LogP contribution in [0.3, 0.4) is 0 Å². The van der Waals surface area contributed by atoms with Crippen molar-refractivity contribution >= 4 is 45.9 Å². The lowest BCUT2D eigenvalue weighted by molar-refractivity contribution is -0.137. The summed E-state index contributed by atoms with van der Waals surface area (Å²) in [5.74, 6) is -0.680. The molecule has 0 radical (unpaired) electrons. The van der Waals surface area contributed by atoms with Crippen molar-refractivity contribution in [1.29, 1.82) is 0 Å². The minimum Gasteiger partial charge on any atom is -0.324 e. The Bertz CT molecular complexity index is 1220. The van der Waals surface area contributed by atoms with E-state index in [4.69, 9.17) is 11.6 Å². The van der Waals surface area contributed by atoms with Gasteiger partial charge in [0, 0.05) is 6.04 Å². The highest BCUT2D eigenvalue weighted by atomic mass is 35.5. The Kier molecular flexibility index (Phi) is 6.48. The van der Waals surface area contributed by atoms with E-state index in [1.165, 1.54) is 0 Å². The zero-order valence-electron chi connectivity index (χ0n) is 16.8. The van der Waals surface area contributed by atoms with Crippen LogP contribution in [0.1, 0.15) is 37.3 Å². The molecule has 0 aliphatic heterocycles. The number of carbonyl (C=O) groups excluding carboxylic acids is 1. The predicted octanol–water partition coefficient (Wildman–Crippen LogP) is 5.91. The van der Waals surface area contributed by atoms with Gasteiger partial charge < -0.3 is 5.32 Å². The van der Waals surface area contributed by atoms with E-state index in [-0.39, 0.29) is 28.1 Å². The summed E-state index contributed by atoms with van der Waals surface area (Å²) in [7, 11) is 0. The highest BCUT2D eigenvalue weighted by Gasteiger charge is 2.31. The van der Waals surface area contributed by atoms with E-state index in [1.807, 2.05) is 0 Å². The third-order valence-electron chi connectivity index (χ3n) is 5.37. The second kappa shape index (κ2) is 9.15. The average Bonchev–Trinajstić information content (AvgIpc) is 3.27. The minimum atomic E-state index is -4.55. The monoisotopic (exact) mass is 481 g/mol. The number of anilines is 1.